The lowest BCUT2D eigenvalue weighted by Gasteiger charge is -2.38. The van der Waals surface area contributed by atoms with E-state index >= 15 is 0 Å². The van der Waals surface area contributed by atoms with Gasteiger partial charge in [0.25, 0.3) is 0 Å². The first kappa shape index (κ1) is 26.6. The Bertz CT molecular complexity index is 1710. The highest BCUT2D eigenvalue weighted by molar-refractivity contribution is 7.12. The maximum Gasteiger partial charge on any atom is 0.238 e. The summed E-state index contributed by atoms with van der Waals surface area (Å²) >= 11 is 1.37. The van der Waals surface area contributed by atoms with E-state index in [4.69, 9.17) is 0 Å². The van der Waals surface area contributed by atoms with E-state index in [2.05, 4.69) is 12.2 Å². The molecule has 0 saturated carbocycles. The second-order valence-electron chi connectivity index (χ2n) is 11.4. The molecule has 6 heteroatoms. The molecule has 1 N–H and O–H groups in total. The number of nitrogens with one attached hydrogen (secondary N) is 1. The summed E-state index contributed by atoms with van der Waals surface area (Å²) in [4.78, 5) is 46.4. The number of ketones is 2. The molecule has 0 radical (unpaired) electrons. The lowest BCUT2D eigenvalue weighted by molar-refractivity contribution is -0.122. The summed E-state index contributed by atoms with van der Waals surface area (Å²) in [6, 6.07) is 25.7. The molecule has 1 spiro atoms. The first-order valence-electron chi connectivity index (χ1n) is 14.7. The number of carbonyl (C=O) groups excluding carboxylic acids is 3. The average molecular weight is 573 g/mol. The Morgan fingerprint density at radius 2 is 1.69 bits per heavy atom. The molecule has 0 bridgehead atoms. The van der Waals surface area contributed by atoms with E-state index in [0.717, 1.165) is 36.0 Å². The number of rotatable bonds is 8. The first-order chi connectivity index (χ1) is 20.6. The number of hydrogen-bond donors (Lipinski definition) is 1. The van der Waals surface area contributed by atoms with Crippen LogP contribution < -0.4 is 5.32 Å². The highest BCUT2D eigenvalue weighted by Gasteiger charge is 2.70. The van der Waals surface area contributed by atoms with Gasteiger partial charge in [-0.15, -0.1) is 11.3 Å². The van der Waals surface area contributed by atoms with Crippen LogP contribution in [-0.4, -0.2) is 28.4 Å². The van der Waals surface area contributed by atoms with Gasteiger partial charge in [-0.3, -0.25) is 14.4 Å². The molecule has 1 aromatic heterocycles. The van der Waals surface area contributed by atoms with Crippen LogP contribution in [0.25, 0.3) is 6.08 Å². The van der Waals surface area contributed by atoms with Crippen molar-refractivity contribution in [3.63, 3.8) is 0 Å². The minimum atomic E-state index is -1.30. The number of thiophene rings is 1. The van der Waals surface area contributed by atoms with E-state index in [1.165, 1.54) is 23.3 Å². The molecule has 4 atom stereocenters. The van der Waals surface area contributed by atoms with Gasteiger partial charge in [0, 0.05) is 17.5 Å². The van der Waals surface area contributed by atoms with Gasteiger partial charge in [0.1, 0.15) is 11.5 Å². The Hall–Kier alpha value is -4.29. The van der Waals surface area contributed by atoms with Crippen molar-refractivity contribution in [1.82, 2.24) is 4.90 Å². The summed E-state index contributed by atoms with van der Waals surface area (Å²) in [5, 5.41) is 4.99. The van der Waals surface area contributed by atoms with E-state index in [1.54, 1.807) is 0 Å². The number of carbonyl (C=O) groups is 3. The van der Waals surface area contributed by atoms with Crippen molar-refractivity contribution in [2.24, 2.45) is 5.92 Å². The number of benzene rings is 3. The van der Waals surface area contributed by atoms with E-state index < -0.39 is 23.4 Å². The zero-order valence-corrected chi connectivity index (χ0v) is 24.3. The first-order valence-corrected chi connectivity index (χ1v) is 15.6. The van der Waals surface area contributed by atoms with E-state index in [0.29, 0.717) is 16.1 Å². The summed E-state index contributed by atoms with van der Waals surface area (Å²) in [5.41, 5.74) is 3.81. The van der Waals surface area contributed by atoms with Crippen LogP contribution in [-0.2, 0) is 16.6 Å². The summed E-state index contributed by atoms with van der Waals surface area (Å²) < 4.78 is 0. The van der Waals surface area contributed by atoms with Crippen molar-refractivity contribution in [1.29, 1.82) is 0 Å². The van der Waals surface area contributed by atoms with Crippen LogP contribution in [0, 0.1) is 5.92 Å². The van der Waals surface area contributed by atoms with Crippen LogP contribution in [0.3, 0.4) is 0 Å². The summed E-state index contributed by atoms with van der Waals surface area (Å²) in [5.74, 6) is -1.50. The van der Waals surface area contributed by atoms with Crippen molar-refractivity contribution >= 4 is 40.6 Å². The van der Waals surface area contributed by atoms with Crippen LogP contribution in [0.4, 0.5) is 5.69 Å². The number of anilines is 1. The third kappa shape index (κ3) is 3.92. The molecule has 5 nitrogen and oxygen atoms in total. The van der Waals surface area contributed by atoms with Crippen LogP contribution in [0.2, 0.25) is 0 Å². The number of aryl methyl sites for hydroxylation is 1. The van der Waals surface area contributed by atoms with Crippen molar-refractivity contribution in [3.05, 3.63) is 129 Å². The van der Waals surface area contributed by atoms with Crippen molar-refractivity contribution in [2.45, 2.75) is 50.1 Å². The molecular weight excluding hydrogens is 540 g/mol. The topological polar surface area (TPSA) is 66.5 Å². The molecule has 1 fully saturated rings. The number of nitrogens with zero attached hydrogens (tertiary/aromatic N) is 1. The molecule has 1 amide bonds. The lowest BCUT2D eigenvalue weighted by atomic mass is 9.62. The number of amides is 1. The third-order valence-corrected chi connectivity index (χ3v) is 10.1. The molecule has 4 aromatic rings. The highest BCUT2D eigenvalue weighted by atomic mass is 32.1. The van der Waals surface area contributed by atoms with Gasteiger partial charge in [-0.2, -0.15) is 0 Å². The predicted octanol–water partition coefficient (Wildman–Crippen LogP) is 7.46. The highest BCUT2D eigenvalue weighted by Crippen LogP contribution is 2.62. The number of fused-ring (bicyclic) bond motifs is 6. The standard InChI is InChI=1S/C36H32N2O3S/c1-2-3-4-10-23-16-18-25(19-17-23)32(39)30-31(33(40)29-15-9-22-42-29)38-21-20-24-11-5-6-12-26(24)34(38)36(30)27-13-7-8-14-28(27)37-35(36)41/h5-9,11-22,30-31,34H,2-4,10H2,1H3,(H,37,41)/t30-,31+,34-,36+/m0/s1. The molecule has 4 heterocycles. The minimum absolute atomic E-state index is 0.136. The van der Waals surface area contributed by atoms with E-state index in [9.17, 15) is 14.4 Å². The fourth-order valence-corrected chi connectivity index (χ4v) is 8.02. The molecular formula is C36H32N2O3S. The summed E-state index contributed by atoms with van der Waals surface area (Å²) in [7, 11) is 0. The zero-order valence-electron chi connectivity index (χ0n) is 23.5. The zero-order chi connectivity index (χ0) is 28.8. The van der Waals surface area contributed by atoms with E-state index in [1.807, 2.05) is 107 Å². The Balaban J connectivity index is 1.44. The molecule has 1 saturated heterocycles. The summed E-state index contributed by atoms with van der Waals surface area (Å²) in [6.45, 7) is 2.19. The van der Waals surface area contributed by atoms with Crippen molar-refractivity contribution < 1.29 is 14.4 Å². The maximum absolute atomic E-state index is 14.9. The SMILES string of the molecule is CCCCCc1ccc(C(=O)[C@@H]2[C@H](C(=O)c3cccs3)N3C=Cc4ccccc4[C@H]3[C@]23C(=O)Nc2ccccc23)cc1. The van der Waals surface area contributed by atoms with Gasteiger partial charge in [-0.1, -0.05) is 92.6 Å². The second-order valence-corrected chi connectivity index (χ2v) is 12.4. The number of Topliss-reactive ketones (excluding diaryl/α,β-unsaturated/α-hetero) is 2. The molecule has 3 aliphatic heterocycles. The lowest BCUT2D eigenvalue weighted by Crippen LogP contribution is -2.49. The Morgan fingerprint density at radius 3 is 2.48 bits per heavy atom. The fourth-order valence-electron chi connectivity index (χ4n) is 7.33. The largest absolute Gasteiger partial charge is 0.358 e. The predicted molar refractivity (Wildman–Crippen MR) is 167 cm³/mol. The second kappa shape index (κ2) is 10.5. The monoisotopic (exact) mass is 572 g/mol. The molecule has 3 aromatic carbocycles. The van der Waals surface area contributed by atoms with Crippen LogP contribution >= 0.6 is 11.3 Å². The van der Waals surface area contributed by atoms with Gasteiger partial charge in [0.2, 0.25) is 5.91 Å². The number of para-hydroxylation sites is 1. The Morgan fingerprint density at radius 1 is 0.905 bits per heavy atom. The Labute approximate surface area is 249 Å². The molecule has 42 heavy (non-hydrogen) atoms. The van der Waals surface area contributed by atoms with E-state index in [-0.39, 0.29) is 17.5 Å². The third-order valence-electron chi connectivity index (χ3n) is 9.19. The van der Waals surface area contributed by atoms with Gasteiger partial charge in [0.15, 0.2) is 11.6 Å². The molecule has 210 valence electrons. The van der Waals surface area contributed by atoms with Crippen molar-refractivity contribution in [3.8, 4) is 0 Å². The summed E-state index contributed by atoms with van der Waals surface area (Å²) in [6.07, 6.45) is 8.29. The van der Waals surface area contributed by atoms with Crippen molar-refractivity contribution in [2.75, 3.05) is 5.32 Å². The van der Waals surface area contributed by atoms with Gasteiger partial charge in [-0.05, 0) is 58.7 Å². The van der Waals surface area contributed by atoms with Crippen LogP contribution in [0.1, 0.15) is 74.5 Å². The smallest absolute Gasteiger partial charge is 0.238 e. The molecule has 3 aliphatic rings. The average Bonchev–Trinajstić information content (AvgIpc) is 3.74. The molecule has 0 aliphatic carbocycles. The van der Waals surface area contributed by atoms with Gasteiger partial charge < -0.3 is 10.2 Å². The Kier molecular flexibility index (Phi) is 6.66. The normalized spacial score (nSPS) is 23.4. The quantitative estimate of drug-likeness (QED) is 0.176. The van der Waals surface area contributed by atoms with Crippen LogP contribution in [0.5, 0.6) is 0 Å². The minimum Gasteiger partial charge on any atom is -0.358 e. The van der Waals surface area contributed by atoms with Gasteiger partial charge in [0.05, 0.1) is 16.8 Å². The molecule has 0 unspecified atom stereocenters. The number of unbranched alkanes of at least 4 members (excludes halogenated alkanes) is 2. The van der Waals surface area contributed by atoms with Gasteiger partial charge >= 0.3 is 0 Å². The number of hydrogen-bond acceptors (Lipinski definition) is 5. The van der Waals surface area contributed by atoms with Gasteiger partial charge in [-0.25, -0.2) is 0 Å². The fraction of sp³-hybridized carbons (Fsp3) is 0.250. The molecule has 7 rings (SSSR count). The maximum atomic E-state index is 14.9. The van der Waals surface area contributed by atoms with Crippen LogP contribution in [0.15, 0.2) is 96.5 Å².